The summed E-state index contributed by atoms with van der Waals surface area (Å²) < 4.78 is 10.4. The summed E-state index contributed by atoms with van der Waals surface area (Å²) in [6, 6.07) is 23.6. The second kappa shape index (κ2) is 11.6. The highest BCUT2D eigenvalue weighted by atomic mass is 32.1. The summed E-state index contributed by atoms with van der Waals surface area (Å²) in [5.74, 6) is -0.156. The van der Waals surface area contributed by atoms with Crippen molar-refractivity contribution in [3.63, 3.8) is 0 Å². The van der Waals surface area contributed by atoms with Crippen molar-refractivity contribution in [1.29, 1.82) is 0 Å². The van der Waals surface area contributed by atoms with Gasteiger partial charge in [0.15, 0.2) is 5.11 Å². The van der Waals surface area contributed by atoms with Crippen LogP contribution in [0.15, 0.2) is 78.9 Å². The van der Waals surface area contributed by atoms with Crippen LogP contribution in [-0.4, -0.2) is 37.3 Å². The molecule has 0 saturated heterocycles. The molecule has 3 rings (SSSR count). The fraction of sp³-hybridized carbons (Fsp3) is 0.125. The van der Waals surface area contributed by atoms with Crippen LogP contribution in [0.25, 0.3) is 11.1 Å². The van der Waals surface area contributed by atoms with E-state index in [1.54, 1.807) is 43.5 Å². The topological polar surface area (TPSA) is 88.7 Å². The number of hydrogen-bond acceptors (Lipinski definition) is 5. The molecular formula is C24H23N3O4S. The van der Waals surface area contributed by atoms with E-state index in [0.29, 0.717) is 30.1 Å². The highest BCUT2D eigenvalue weighted by molar-refractivity contribution is 7.80. The third kappa shape index (κ3) is 6.63. The van der Waals surface area contributed by atoms with Gasteiger partial charge < -0.3 is 9.47 Å². The van der Waals surface area contributed by atoms with Crippen LogP contribution < -0.4 is 20.9 Å². The van der Waals surface area contributed by atoms with Gasteiger partial charge in [-0.1, -0.05) is 42.5 Å². The Morgan fingerprint density at radius 3 is 2.00 bits per heavy atom. The Morgan fingerprint density at radius 2 is 1.34 bits per heavy atom. The molecule has 0 spiro atoms. The van der Waals surface area contributed by atoms with Crippen molar-refractivity contribution in [3.05, 3.63) is 90.0 Å². The number of rotatable bonds is 7. The molecule has 0 bridgehead atoms. The molecule has 164 valence electrons. The van der Waals surface area contributed by atoms with Crippen molar-refractivity contribution >= 4 is 29.1 Å². The SMILES string of the molecule is COCCOc1ccc(C(=O)NC(=S)NNC(=O)c2ccc(-c3ccccc3)cc2)cc1. The lowest BCUT2D eigenvalue weighted by Crippen LogP contribution is -2.48. The van der Waals surface area contributed by atoms with Gasteiger partial charge in [0.05, 0.1) is 6.61 Å². The minimum Gasteiger partial charge on any atom is -0.491 e. The maximum atomic E-state index is 12.3. The quantitative estimate of drug-likeness (QED) is 0.291. The molecule has 32 heavy (non-hydrogen) atoms. The molecule has 0 aliphatic carbocycles. The largest absolute Gasteiger partial charge is 0.491 e. The van der Waals surface area contributed by atoms with E-state index in [1.165, 1.54) is 0 Å². The Morgan fingerprint density at radius 1 is 0.750 bits per heavy atom. The molecule has 0 unspecified atom stereocenters. The number of carbonyl (C=O) groups excluding carboxylic acids is 2. The molecule has 0 aliphatic heterocycles. The molecule has 0 aromatic heterocycles. The van der Waals surface area contributed by atoms with E-state index in [9.17, 15) is 9.59 Å². The molecule has 2 amide bonds. The zero-order valence-electron chi connectivity index (χ0n) is 17.5. The van der Waals surface area contributed by atoms with Crippen LogP contribution in [-0.2, 0) is 4.74 Å². The summed E-state index contributed by atoms with van der Waals surface area (Å²) in [5, 5.41) is 2.49. The Bertz CT molecular complexity index is 1050. The number of thiocarbonyl (C=S) groups is 1. The Hall–Kier alpha value is -3.75. The molecule has 3 aromatic rings. The first-order valence-corrected chi connectivity index (χ1v) is 10.3. The second-order valence-electron chi connectivity index (χ2n) is 6.67. The smallest absolute Gasteiger partial charge is 0.269 e. The Kier molecular flexibility index (Phi) is 8.30. The maximum Gasteiger partial charge on any atom is 0.269 e. The molecule has 0 radical (unpaired) electrons. The molecule has 0 aliphatic rings. The van der Waals surface area contributed by atoms with E-state index in [-0.39, 0.29) is 11.0 Å². The summed E-state index contributed by atoms with van der Waals surface area (Å²) >= 11 is 5.08. The molecular weight excluding hydrogens is 426 g/mol. The number of amides is 2. The van der Waals surface area contributed by atoms with E-state index in [1.807, 2.05) is 42.5 Å². The first-order valence-electron chi connectivity index (χ1n) is 9.86. The van der Waals surface area contributed by atoms with Crippen molar-refractivity contribution in [3.8, 4) is 16.9 Å². The maximum absolute atomic E-state index is 12.3. The highest BCUT2D eigenvalue weighted by Gasteiger charge is 2.10. The van der Waals surface area contributed by atoms with Gasteiger partial charge in [-0.15, -0.1) is 0 Å². The standard InChI is InChI=1S/C24H23N3O4S/c1-30-15-16-31-21-13-11-19(12-14-21)22(28)25-24(32)27-26-23(29)20-9-7-18(8-10-20)17-5-3-2-4-6-17/h2-14H,15-16H2,1H3,(H,26,29)(H2,25,27,28,32). The van der Waals surface area contributed by atoms with Crippen molar-refractivity contribution in [1.82, 2.24) is 16.2 Å². The lowest BCUT2D eigenvalue weighted by Gasteiger charge is -2.11. The van der Waals surface area contributed by atoms with Gasteiger partial charge in [-0.2, -0.15) is 0 Å². The van der Waals surface area contributed by atoms with Gasteiger partial charge in [0.2, 0.25) is 0 Å². The first kappa shape index (κ1) is 22.9. The van der Waals surface area contributed by atoms with Gasteiger partial charge in [-0.3, -0.25) is 25.8 Å². The average Bonchev–Trinajstić information content (AvgIpc) is 2.84. The normalized spacial score (nSPS) is 10.2. The van der Waals surface area contributed by atoms with E-state index in [4.69, 9.17) is 21.7 Å². The van der Waals surface area contributed by atoms with Crippen LogP contribution in [0.1, 0.15) is 20.7 Å². The molecule has 0 saturated carbocycles. The van der Waals surface area contributed by atoms with E-state index < -0.39 is 5.91 Å². The number of nitrogens with one attached hydrogen (secondary N) is 3. The summed E-state index contributed by atoms with van der Waals surface area (Å²) in [7, 11) is 1.60. The zero-order valence-corrected chi connectivity index (χ0v) is 18.3. The third-order valence-electron chi connectivity index (χ3n) is 4.44. The average molecular weight is 450 g/mol. The van der Waals surface area contributed by atoms with Crippen LogP contribution in [0, 0.1) is 0 Å². The predicted molar refractivity (Wildman–Crippen MR) is 126 cm³/mol. The fourth-order valence-electron chi connectivity index (χ4n) is 2.78. The molecule has 0 fully saturated rings. The third-order valence-corrected chi connectivity index (χ3v) is 4.65. The minimum absolute atomic E-state index is 0.0234. The van der Waals surface area contributed by atoms with E-state index in [0.717, 1.165) is 11.1 Å². The molecule has 3 N–H and O–H groups in total. The highest BCUT2D eigenvalue weighted by Crippen LogP contribution is 2.19. The predicted octanol–water partition coefficient (Wildman–Crippen LogP) is 3.33. The van der Waals surface area contributed by atoms with Gasteiger partial charge in [0.25, 0.3) is 11.8 Å². The monoisotopic (exact) mass is 449 g/mol. The number of hydrogen-bond donors (Lipinski definition) is 3. The van der Waals surface area contributed by atoms with Gasteiger partial charge in [-0.25, -0.2) is 0 Å². The van der Waals surface area contributed by atoms with Gasteiger partial charge >= 0.3 is 0 Å². The van der Waals surface area contributed by atoms with Crippen molar-refractivity contribution in [2.75, 3.05) is 20.3 Å². The number of methoxy groups -OCH3 is 1. The molecule has 0 heterocycles. The number of benzene rings is 3. The fourth-order valence-corrected chi connectivity index (χ4v) is 2.93. The minimum atomic E-state index is -0.410. The van der Waals surface area contributed by atoms with E-state index in [2.05, 4.69) is 16.2 Å². The van der Waals surface area contributed by atoms with Gasteiger partial charge in [-0.05, 0) is 59.7 Å². The van der Waals surface area contributed by atoms with Crippen LogP contribution in [0.5, 0.6) is 5.75 Å². The Labute approximate surface area is 191 Å². The van der Waals surface area contributed by atoms with Crippen LogP contribution in [0.2, 0.25) is 0 Å². The molecule has 7 nitrogen and oxygen atoms in total. The number of carbonyl (C=O) groups is 2. The first-order chi connectivity index (χ1) is 15.6. The van der Waals surface area contributed by atoms with Crippen molar-refractivity contribution in [2.24, 2.45) is 0 Å². The van der Waals surface area contributed by atoms with Crippen molar-refractivity contribution < 1.29 is 19.1 Å². The zero-order chi connectivity index (χ0) is 22.8. The van der Waals surface area contributed by atoms with Gasteiger partial charge in [0, 0.05) is 18.2 Å². The molecule has 0 atom stereocenters. The van der Waals surface area contributed by atoms with E-state index >= 15 is 0 Å². The lowest BCUT2D eigenvalue weighted by molar-refractivity contribution is 0.0934. The van der Waals surface area contributed by atoms with Crippen LogP contribution in [0.4, 0.5) is 0 Å². The van der Waals surface area contributed by atoms with Crippen molar-refractivity contribution in [2.45, 2.75) is 0 Å². The van der Waals surface area contributed by atoms with Crippen LogP contribution in [0.3, 0.4) is 0 Å². The Balaban J connectivity index is 1.46. The summed E-state index contributed by atoms with van der Waals surface area (Å²) in [6.45, 7) is 0.899. The lowest BCUT2D eigenvalue weighted by atomic mass is 10.0. The number of ether oxygens (including phenoxy) is 2. The van der Waals surface area contributed by atoms with Crippen LogP contribution >= 0.6 is 12.2 Å². The summed E-state index contributed by atoms with van der Waals surface area (Å²) in [4.78, 5) is 24.6. The second-order valence-corrected chi connectivity index (χ2v) is 7.08. The molecule has 8 heteroatoms. The summed E-state index contributed by atoms with van der Waals surface area (Å²) in [6.07, 6.45) is 0. The molecule has 3 aromatic carbocycles. The van der Waals surface area contributed by atoms with Gasteiger partial charge in [0.1, 0.15) is 12.4 Å². The number of hydrazine groups is 1. The summed E-state index contributed by atoms with van der Waals surface area (Å²) in [5.41, 5.74) is 7.94.